The van der Waals surface area contributed by atoms with Gasteiger partial charge in [0.15, 0.2) is 0 Å². The Labute approximate surface area is 171 Å². The van der Waals surface area contributed by atoms with Gasteiger partial charge in [0.25, 0.3) is 0 Å². The van der Waals surface area contributed by atoms with Crippen LogP contribution in [-0.2, 0) is 19.0 Å². The van der Waals surface area contributed by atoms with Gasteiger partial charge in [0.1, 0.15) is 5.76 Å². The Bertz CT molecular complexity index is 801. The van der Waals surface area contributed by atoms with E-state index < -0.39 is 11.9 Å². The number of hydrogen-bond acceptors (Lipinski definition) is 6. The normalized spacial score (nSPS) is 16.7. The van der Waals surface area contributed by atoms with Crippen molar-refractivity contribution < 1.29 is 19.0 Å². The molecule has 0 bridgehead atoms. The summed E-state index contributed by atoms with van der Waals surface area (Å²) in [6, 6.07) is 7.38. The number of nitrogens with two attached hydrogens (primary N) is 1. The predicted octanol–water partition coefficient (Wildman–Crippen LogP) is 3.25. The fourth-order valence-corrected chi connectivity index (χ4v) is 3.49. The molecule has 0 fully saturated rings. The lowest BCUT2D eigenvalue weighted by molar-refractivity contribution is -0.136. The molecule has 28 heavy (non-hydrogen) atoms. The van der Waals surface area contributed by atoms with Crippen molar-refractivity contribution in [3.8, 4) is 0 Å². The molecule has 1 aliphatic rings. The van der Waals surface area contributed by atoms with Gasteiger partial charge in [-0.3, -0.25) is 0 Å². The van der Waals surface area contributed by atoms with Crippen LogP contribution < -0.4 is 11.1 Å². The second-order valence-corrected chi connectivity index (χ2v) is 6.61. The number of dihydropyridines is 1. The molecule has 0 amide bonds. The lowest BCUT2D eigenvalue weighted by atomic mass is 9.79. The molecule has 7 heteroatoms. The highest BCUT2D eigenvalue weighted by molar-refractivity contribution is 6.31. The summed E-state index contributed by atoms with van der Waals surface area (Å²) < 4.78 is 16.4. The summed E-state index contributed by atoms with van der Waals surface area (Å²) in [5.74, 6) is -0.503. The van der Waals surface area contributed by atoms with Crippen LogP contribution in [0.25, 0.3) is 0 Å². The van der Waals surface area contributed by atoms with Crippen molar-refractivity contribution in [2.24, 2.45) is 5.73 Å². The van der Waals surface area contributed by atoms with Gasteiger partial charge >= 0.3 is 5.97 Å². The van der Waals surface area contributed by atoms with Crippen LogP contribution in [0, 0.1) is 0 Å². The summed E-state index contributed by atoms with van der Waals surface area (Å²) in [5.41, 5.74) is 8.88. The number of benzene rings is 1. The molecular weight excluding hydrogens is 380 g/mol. The maximum atomic E-state index is 12.7. The second-order valence-electron chi connectivity index (χ2n) is 6.20. The van der Waals surface area contributed by atoms with Gasteiger partial charge in [-0.2, -0.15) is 0 Å². The first-order valence-corrected chi connectivity index (χ1v) is 9.47. The number of hydrogen-bond donors (Lipinski definition) is 2. The zero-order chi connectivity index (χ0) is 20.7. The first kappa shape index (κ1) is 22.0. The van der Waals surface area contributed by atoms with Gasteiger partial charge in [-0.1, -0.05) is 36.4 Å². The molecule has 1 atom stereocenters. The quantitative estimate of drug-likeness (QED) is 0.372. The minimum Gasteiger partial charge on any atom is -0.494 e. The van der Waals surface area contributed by atoms with Crippen LogP contribution in [0.1, 0.15) is 25.3 Å². The summed E-state index contributed by atoms with van der Waals surface area (Å²) in [6.45, 7) is 9.29. The molecule has 0 saturated heterocycles. The highest BCUT2D eigenvalue weighted by Gasteiger charge is 2.37. The predicted molar refractivity (Wildman–Crippen MR) is 110 cm³/mol. The van der Waals surface area contributed by atoms with Crippen LogP contribution in [-0.4, -0.2) is 39.4 Å². The molecule has 0 radical (unpaired) electrons. The second kappa shape index (κ2) is 10.3. The molecule has 0 saturated carbocycles. The molecule has 152 valence electrons. The van der Waals surface area contributed by atoms with Crippen molar-refractivity contribution in [2.75, 3.05) is 33.5 Å². The van der Waals surface area contributed by atoms with E-state index in [4.69, 9.17) is 31.5 Å². The number of carbonyl (C=O) groups is 1. The van der Waals surface area contributed by atoms with Gasteiger partial charge in [-0.25, -0.2) is 4.79 Å². The average Bonchev–Trinajstić information content (AvgIpc) is 2.67. The Morgan fingerprint density at radius 3 is 2.64 bits per heavy atom. The van der Waals surface area contributed by atoms with Crippen LogP contribution in [0.15, 0.2) is 59.1 Å². The van der Waals surface area contributed by atoms with Crippen LogP contribution in [0.5, 0.6) is 0 Å². The molecule has 0 spiro atoms. The molecule has 2 rings (SSSR count). The maximum absolute atomic E-state index is 12.7. The lowest BCUT2D eigenvalue weighted by Gasteiger charge is -2.33. The zero-order valence-electron chi connectivity index (χ0n) is 16.5. The Hall–Kier alpha value is -2.28. The van der Waals surface area contributed by atoms with E-state index in [1.54, 1.807) is 6.07 Å². The standard InChI is InChI=1S/C21H27ClN2O4/c1-5-28-14(3)19-17(12-27-11-10-23)24-13(2)18(21(25)26-4)20(19)15-8-6-7-9-16(15)22/h6-9,20,24H,3,5,10-12,23H2,1-2,4H3. The lowest BCUT2D eigenvalue weighted by Crippen LogP contribution is -2.32. The van der Waals surface area contributed by atoms with E-state index in [9.17, 15) is 4.79 Å². The molecule has 0 aliphatic carbocycles. The maximum Gasteiger partial charge on any atom is 0.336 e. The van der Waals surface area contributed by atoms with Gasteiger partial charge in [0.2, 0.25) is 0 Å². The summed E-state index contributed by atoms with van der Waals surface area (Å²) in [6.07, 6.45) is 0. The van der Waals surface area contributed by atoms with Crippen molar-refractivity contribution in [1.29, 1.82) is 0 Å². The van der Waals surface area contributed by atoms with Crippen molar-refractivity contribution >= 4 is 17.6 Å². The largest absolute Gasteiger partial charge is 0.494 e. The van der Waals surface area contributed by atoms with Crippen molar-refractivity contribution in [3.63, 3.8) is 0 Å². The summed E-state index contributed by atoms with van der Waals surface area (Å²) >= 11 is 6.50. The third-order valence-corrected chi connectivity index (χ3v) is 4.74. The van der Waals surface area contributed by atoms with Gasteiger partial charge in [0.05, 0.1) is 32.5 Å². The van der Waals surface area contributed by atoms with Gasteiger partial charge < -0.3 is 25.3 Å². The van der Waals surface area contributed by atoms with E-state index in [2.05, 4.69) is 11.9 Å². The Morgan fingerprint density at radius 2 is 2.04 bits per heavy atom. The molecule has 1 aromatic carbocycles. The minimum absolute atomic E-state index is 0.269. The molecule has 1 aromatic rings. The topological polar surface area (TPSA) is 82.8 Å². The average molecular weight is 407 g/mol. The number of ether oxygens (including phenoxy) is 3. The van der Waals surface area contributed by atoms with E-state index >= 15 is 0 Å². The number of methoxy groups -OCH3 is 1. The fourth-order valence-electron chi connectivity index (χ4n) is 3.25. The Morgan fingerprint density at radius 1 is 1.32 bits per heavy atom. The van der Waals surface area contributed by atoms with E-state index in [1.165, 1.54) is 7.11 Å². The van der Waals surface area contributed by atoms with Crippen LogP contribution >= 0.6 is 11.6 Å². The SMILES string of the molecule is C=C(OCC)C1=C(COCCN)NC(C)=C(C(=O)OC)C1c1ccccc1Cl. The Kier molecular flexibility index (Phi) is 8.11. The first-order chi connectivity index (χ1) is 13.5. The van der Waals surface area contributed by atoms with E-state index in [-0.39, 0.29) is 6.61 Å². The highest BCUT2D eigenvalue weighted by Crippen LogP contribution is 2.44. The molecule has 6 nitrogen and oxygen atoms in total. The van der Waals surface area contributed by atoms with E-state index in [1.807, 2.05) is 32.0 Å². The Balaban J connectivity index is 2.67. The zero-order valence-corrected chi connectivity index (χ0v) is 17.3. The highest BCUT2D eigenvalue weighted by atomic mass is 35.5. The van der Waals surface area contributed by atoms with Gasteiger partial charge in [-0.05, 0) is 25.5 Å². The fraction of sp³-hybridized carbons (Fsp3) is 0.381. The smallest absolute Gasteiger partial charge is 0.336 e. The molecule has 1 aliphatic heterocycles. The van der Waals surface area contributed by atoms with Crippen LogP contribution in [0.3, 0.4) is 0 Å². The monoisotopic (exact) mass is 406 g/mol. The van der Waals surface area contributed by atoms with Crippen LogP contribution in [0.4, 0.5) is 0 Å². The third-order valence-electron chi connectivity index (χ3n) is 4.39. The molecule has 1 heterocycles. The summed E-state index contributed by atoms with van der Waals surface area (Å²) in [4.78, 5) is 12.7. The molecular formula is C21H27ClN2O4. The van der Waals surface area contributed by atoms with Gasteiger partial charge in [-0.15, -0.1) is 0 Å². The van der Waals surface area contributed by atoms with Gasteiger partial charge in [0, 0.05) is 34.5 Å². The first-order valence-electron chi connectivity index (χ1n) is 9.09. The van der Waals surface area contributed by atoms with Crippen molar-refractivity contribution in [3.05, 3.63) is 69.7 Å². The molecule has 3 N–H and O–H groups in total. The minimum atomic E-state index is -0.502. The number of esters is 1. The van der Waals surface area contributed by atoms with E-state index in [0.29, 0.717) is 47.4 Å². The summed E-state index contributed by atoms with van der Waals surface area (Å²) in [5, 5.41) is 3.79. The number of allylic oxidation sites excluding steroid dienone is 2. The van der Waals surface area contributed by atoms with Crippen molar-refractivity contribution in [2.45, 2.75) is 19.8 Å². The summed E-state index contributed by atoms with van der Waals surface area (Å²) in [7, 11) is 1.35. The third kappa shape index (κ3) is 4.76. The number of carbonyl (C=O) groups excluding carboxylic acids is 1. The van der Waals surface area contributed by atoms with E-state index in [0.717, 1.165) is 11.3 Å². The molecule has 1 unspecified atom stereocenters. The van der Waals surface area contributed by atoms with Crippen LogP contribution in [0.2, 0.25) is 5.02 Å². The number of rotatable bonds is 9. The molecule has 0 aromatic heterocycles. The number of nitrogens with one attached hydrogen (secondary N) is 1. The van der Waals surface area contributed by atoms with Crippen molar-refractivity contribution in [1.82, 2.24) is 5.32 Å². The number of halogens is 1.